The van der Waals surface area contributed by atoms with Crippen molar-refractivity contribution in [3.05, 3.63) is 46.6 Å². The average Bonchev–Trinajstić information content (AvgIpc) is 2.80. The van der Waals surface area contributed by atoms with Crippen LogP contribution in [0.5, 0.6) is 0 Å². The van der Waals surface area contributed by atoms with Crippen LogP contribution in [0.3, 0.4) is 0 Å². The normalized spacial score (nSPS) is 10.4. The van der Waals surface area contributed by atoms with Crippen molar-refractivity contribution in [2.75, 3.05) is 18.5 Å². The molecule has 0 unspecified atom stereocenters. The number of esters is 1. The SMILES string of the molecule is CCOC(=O)c1c(C)nsc1NCCc1cccc(C)c1. The third-order valence-electron chi connectivity index (χ3n) is 3.12. The molecular weight excluding hydrogens is 284 g/mol. The zero-order valence-electron chi connectivity index (χ0n) is 12.6. The fourth-order valence-corrected chi connectivity index (χ4v) is 2.93. The van der Waals surface area contributed by atoms with Gasteiger partial charge in [-0.1, -0.05) is 29.8 Å². The van der Waals surface area contributed by atoms with Crippen molar-refractivity contribution in [1.82, 2.24) is 4.37 Å². The molecule has 0 fully saturated rings. The van der Waals surface area contributed by atoms with Gasteiger partial charge in [0, 0.05) is 6.54 Å². The molecule has 0 saturated heterocycles. The van der Waals surface area contributed by atoms with Gasteiger partial charge in [-0.2, -0.15) is 4.37 Å². The van der Waals surface area contributed by atoms with Crippen molar-refractivity contribution in [2.24, 2.45) is 0 Å². The van der Waals surface area contributed by atoms with Gasteiger partial charge in [0.1, 0.15) is 10.6 Å². The number of hydrogen-bond donors (Lipinski definition) is 1. The second-order valence-corrected chi connectivity index (χ2v) is 5.63. The summed E-state index contributed by atoms with van der Waals surface area (Å²) < 4.78 is 9.31. The number of hydrogen-bond acceptors (Lipinski definition) is 5. The number of aromatic nitrogens is 1. The lowest BCUT2D eigenvalue weighted by Gasteiger charge is -2.07. The fourth-order valence-electron chi connectivity index (χ4n) is 2.12. The molecule has 2 aromatic rings. The van der Waals surface area contributed by atoms with Crippen LogP contribution in [-0.2, 0) is 11.2 Å². The van der Waals surface area contributed by atoms with Gasteiger partial charge in [-0.25, -0.2) is 4.79 Å². The number of carbonyl (C=O) groups excluding carboxylic acids is 1. The maximum absolute atomic E-state index is 11.9. The summed E-state index contributed by atoms with van der Waals surface area (Å²) in [5, 5.41) is 4.09. The molecule has 0 aliphatic carbocycles. The summed E-state index contributed by atoms with van der Waals surface area (Å²) >= 11 is 1.31. The van der Waals surface area contributed by atoms with Gasteiger partial charge in [0.05, 0.1) is 12.3 Å². The first-order valence-corrected chi connectivity index (χ1v) is 7.82. The molecule has 1 N–H and O–H groups in total. The summed E-state index contributed by atoms with van der Waals surface area (Å²) in [5.41, 5.74) is 3.82. The van der Waals surface area contributed by atoms with Crippen molar-refractivity contribution in [2.45, 2.75) is 27.2 Å². The molecular formula is C16H20N2O2S. The van der Waals surface area contributed by atoms with Crippen LogP contribution in [0, 0.1) is 13.8 Å². The molecule has 2 rings (SSSR count). The summed E-state index contributed by atoms with van der Waals surface area (Å²) in [6.07, 6.45) is 0.904. The Bertz CT molecular complexity index is 622. The van der Waals surface area contributed by atoms with E-state index in [4.69, 9.17) is 4.74 Å². The zero-order valence-corrected chi connectivity index (χ0v) is 13.4. The summed E-state index contributed by atoms with van der Waals surface area (Å²) in [4.78, 5) is 11.9. The van der Waals surface area contributed by atoms with E-state index in [9.17, 15) is 4.79 Å². The highest BCUT2D eigenvalue weighted by atomic mass is 32.1. The lowest BCUT2D eigenvalue weighted by molar-refractivity contribution is 0.0527. The predicted octanol–water partition coefficient (Wildman–Crippen LogP) is 3.59. The maximum Gasteiger partial charge on any atom is 0.343 e. The van der Waals surface area contributed by atoms with Gasteiger partial charge < -0.3 is 10.1 Å². The second kappa shape index (κ2) is 7.22. The molecule has 4 nitrogen and oxygen atoms in total. The molecule has 1 aromatic heterocycles. The first-order chi connectivity index (χ1) is 10.1. The third kappa shape index (κ3) is 4.04. The summed E-state index contributed by atoms with van der Waals surface area (Å²) in [6, 6.07) is 8.43. The van der Waals surface area contributed by atoms with E-state index in [0.717, 1.165) is 23.7 Å². The van der Waals surface area contributed by atoms with E-state index in [0.29, 0.717) is 12.2 Å². The quantitative estimate of drug-likeness (QED) is 0.829. The van der Waals surface area contributed by atoms with Gasteiger partial charge in [0.15, 0.2) is 0 Å². The molecule has 112 valence electrons. The first kappa shape index (κ1) is 15.5. The summed E-state index contributed by atoms with van der Waals surface area (Å²) in [7, 11) is 0. The number of carbonyl (C=O) groups is 1. The van der Waals surface area contributed by atoms with Crippen molar-refractivity contribution in [1.29, 1.82) is 0 Å². The summed E-state index contributed by atoms with van der Waals surface area (Å²) in [6.45, 7) is 6.85. The van der Waals surface area contributed by atoms with Crippen LogP contribution in [0.25, 0.3) is 0 Å². The number of nitrogens with one attached hydrogen (secondary N) is 1. The molecule has 21 heavy (non-hydrogen) atoms. The highest BCUT2D eigenvalue weighted by molar-refractivity contribution is 7.10. The van der Waals surface area contributed by atoms with Gasteiger partial charge in [0.25, 0.3) is 0 Å². The van der Waals surface area contributed by atoms with E-state index >= 15 is 0 Å². The molecule has 0 aliphatic rings. The molecule has 0 atom stereocenters. The van der Waals surface area contributed by atoms with Crippen molar-refractivity contribution in [3.63, 3.8) is 0 Å². The van der Waals surface area contributed by atoms with Gasteiger partial charge in [0.2, 0.25) is 0 Å². The molecule has 0 amide bonds. The Hall–Kier alpha value is -1.88. The van der Waals surface area contributed by atoms with Gasteiger partial charge >= 0.3 is 5.97 Å². The number of ether oxygens (including phenoxy) is 1. The minimum atomic E-state index is -0.304. The monoisotopic (exact) mass is 304 g/mol. The third-order valence-corrected chi connectivity index (χ3v) is 4.02. The minimum absolute atomic E-state index is 0.304. The van der Waals surface area contributed by atoms with E-state index in [1.165, 1.54) is 22.7 Å². The predicted molar refractivity (Wildman–Crippen MR) is 86.2 cm³/mol. The molecule has 0 saturated carbocycles. The Morgan fingerprint density at radius 3 is 2.90 bits per heavy atom. The minimum Gasteiger partial charge on any atom is -0.462 e. The molecule has 0 radical (unpaired) electrons. The highest BCUT2D eigenvalue weighted by Gasteiger charge is 2.19. The van der Waals surface area contributed by atoms with E-state index in [1.807, 2.05) is 6.92 Å². The van der Waals surface area contributed by atoms with Crippen LogP contribution in [0.1, 0.15) is 34.1 Å². The smallest absolute Gasteiger partial charge is 0.343 e. The summed E-state index contributed by atoms with van der Waals surface area (Å²) in [5.74, 6) is -0.304. The Morgan fingerprint density at radius 1 is 1.38 bits per heavy atom. The average molecular weight is 304 g/mol. The zero-order chi connectivity index (χ0) is 15.2. The molecule has 0 spiro atoms. The van der Waals surface area contributed by atoms with Crippen LogP contribution in [0.2, 0.25) is 0 Å². The number of aryl methyl sites for hydroxylation is 2. The number of nitrogens with zero attached hydrogens (tertiary/aromatic N) is 1. The van der Waals surface area contributed by atoms with Crippen LogP contribution in [0.15, 0.2) is 24.3 Å². The van der Waals surface area contributed by atoms with Crippen molar-refractivity contribution >= 4 is 22.5 Å². The van der Waals surface area contributed by atoms with E-state index in [-0.39, 0.29) is 5.97 Å². The van der Waals surface area contributed by atoms with Gasteiger partial charge in [-0.15, -0.1) is 0 Å². The van der Waals surface area contributed by atoms with Crippen LogP contribution >= 0.6 is 11.5 Å². The Labute approximate surface area is 129 Å². The number of rotatable bonds is 6. The number of anilines is 1. The van der Waals surface area contributed by atoms with Crippen molar-refractivity contribution < 1.29 is 9.53 Å². The molecule has 1 aromatic carbocycles. The Balaban J connectivity index is 1.99. The molecule has 5 heteroatoms. The van der Waals surface area contributed by atoms with Crippen molar-refractivity contribution in [3.8, 4) is 0 Å². The Kier molecular flexibility index (Phi) is 5.33. The number of benzene rings is 1. The van der Waals surface area contributed by atoms with Crippen LogP contribution in [-0.4, -0.2) is 23.5 Å². The topological polar surface area (TPSA) is 51.2 Å². The fraction of sp³-hybridized carbons (Fsp3) is 0.375. The van der Waals surface area contributed by atoms with Gasteiger partial charge in [-0.05, 0) is 44.3 Å². The second-order valence-electron chi connectivity index (χ2n) is 4.86. The van der Waals surface area contributed by atoms with Crippen LogP contribution < -0.4 is 5.32 Å². The largest absolute Gasteiger partial charge is 0.462 e. The van der Waals surface area contributed by atoms with E-state index < -0.39 is 0 Å². The van der Waals surface area contributed by atoms with Crippen LogP contribution in [0.4, 0.5) is 5.00 Å². The molecule has 0 aliphatic heterocycles. The standard InChI is InChI=1S/C16H20N2O2S/c1-4-20-16(19)14-12(3)18-21-15(14)17-9-8-13-7-5-6-11(2)10-13/h5-7,10,17H,4,8-9H2,1-3H3. The highest BCUT2D eigenvalue weighted by Crippen LogP contribution is 2.25. The van der Waals surface area contributed by atoms with Gasteiger partial charge in [-0.3, -0.25) is 0 Å². The lowest BCUT2D eigenvalue weighted by atomic mass is 10.1. The van der Waals surface area contributed by atoms with E-state index in [1.54, 1.807) is 6.92 Å². The van der Waals surface area contributed by atoms with E-state index in [2.05, 4.69) is 40.9 Å². The lowest BCUT2D eigenvalue weighted by Crippen LogP contribution is -2.10. The Morgan fingerprint density at radius 2 is 2.19 bits per heavy atom. The molecule has 0 bridgehead atoms. The maximum atomic E-state index is 11.9. The first-order valence-electron chi connectivity index (χ1n) is 7.04. The molecule has 1 heterocycles.